The molecule has 4 aromatic heterocycles. The number of nitrogens with zero attached hydrogens (tertiary/aromatic N) is 4. The van der Waals surface area contributed by atoms with Gasteiger partial charge in [-0.2, -0.15) is 0 Å². The largest absolute Gasteiger partial charge is 0.429 e. The first-order valence-electron chi connectivity index (χ1n) is 11.8. The van der Waals surface area contributed by atoms with E-state index in [2.05, 4.69) is 50.1 Å². The van der Waals surface area contributed by atoms with E-state index in [9.17, 15) is 9.59 Å². The van der Waals surface area contributed by atoms with Crippen LogP contribution in [-0.4, -0.2) is 32.9 Å². The van der Waals surface area contributed by atoms with Crippen molar-refractivity contribution in [1.82, 2.24) is 19.9 Å². The summed E-state index contributed by atoms with van der Waals surface area (Å²) in [6.07, 6.45) is 8.77. The molecule has 37 heavy (non-hydrogen) atoms. The molecule has 0 N–H and O–H groups in total. The van der Waals surface area contributed by atoms with Crippen LogP contribution in [0.15, 0.2) is 54.3 Å². The van der Waals surface area contributed by atoms with Gasteiger partial charge in [0.25, 0.3) is 12.9 Å². The predicted molar refractivity (Wildman–Crippen MR) is 140 cm³/mol. The van der Waals surface area contributed by atoms with Crippen molar-refractivity contribution >= 4 is 24.3 Å². The molecule has 4 aromatic rings. The lowest BCUT2D eigenvalue weighted by molar-refractivity contribution is -0.121. The van der Waals surface area contributed by atoms with Crippen LogP contribution in [0.2, 0.25) is 0 Å². The van der Waals surface area contributed by atoms with Crippen LogP contribution in [0, 0.1) is 11.8 Å². The van der Waals surface area contributed by atoms with Crippen molar-refractivity contribution in [3.63, 3.8) is 0 Å². The van der Waals surface area contributed by atoms with E-state index < -0.39 is 0 Å². The summed E-state index contributed by atoms with van der Waals surface area (Å²) in [4.78, 5) is 40.3. The van der Waals surface area contributed by atoms with Crippen molar-refractivity contribution in [3.05, 3.63) is 70.4 Å². The number of aromatic nitrogens is 4. The molecule has 0 amide bonds. The van der Waals surface area contributed by atoms with Crippen LogP contribution >= 0.6 is 11.3 Å². The molecule has 0 fully saturated rings. The fourth-order valence-corrected chi connectivity index (χ4v) is 4.44. The van der Waals surface area contributed by atoms with Crippen molar-refractivity contribution in [2.24, 2.45) is 0 Å². The summed E-state index contributed by atoms with van der Waals surface area (Å²) < 4.78 is 9.99. The van der Waals surface area contributed by atoms with Crippen LogP contribution in [0.5, 0.6) is 11.5 Å². The lowest BCUT2D eigenvalue weighted by Gasteiger charge is -2.08. The fourth-order valence-electron chi connectivity index (χ4n) is 3.64. The van der Waals surface area contributed by atoms with Crippen molar-refractivity contribution in [2.75, 3.05) is 0 Å². The molecule has 0 saturated heterocycles. The van der Waals surface area contributed by atoms with E-state index in [4.69, 9.17) is 9.47 Å². The topological polar surface area (TPSA) is 104 Å². The monoisotopic (exact) mass is 512 g/mol. The molecule has 0 saturated carbocycles. The van der Waals surface area contributed by atoms with Crippen molar-refractivity contribution in [3.8, 4) is 46.1 Å². The zero-order valence-corrected chi connectivity index (χ0v) is 21.0. The molecule has 0 spiro atoms. The molecular weight excluding hydrogens is 488 g/mol. The minimum Gasteiger partial charge on any atom is -0.429 e. The number of hydrogen-bond acceptors (Lipinski definition) is 9. The van der Waals surface area contributed by atoms with Gasteiger partial charge >= 0.3 is 0 Å². The summed E-state index contributed by atoms with van der Waals surface area (Å²) in [5.74, 6) is 6.96. The lowest BCUT2D eigenvalue weighted by Crippen LogP contribution is -1.98. The van der Waals surface area contributed by atoms with Gasteiger partial charge in [0.15, 0.2) is 0 Å². The van der Waals surface area contributed by atoms with E-state index >= 15 is 0 Å². The average molecular weight is 513 g/mol. The Balaban J connectivity index is 1.62. The summed E-state index contributed by atoms with van der Waals surface area (Å²) in [6, 6.07) is 10.1. The molecule has 0 atom stereocenters. The van der Waals surface area contributed by atoms with Gasteiger partial charge in [0.05, 0.1) is 27.7 Å². The molecule has 0 aliphatic heterocycles. The molecule has 0 aromatic carbocycles. The molecule has 8 nitrogen and oxygen atoms in total. The molecule has 186 valence electrons. The number of carbonyl (C=O) groups excluding carboxylic acids is 2. The van der Waals surface area contributed by atoms with Crippen LogP contribution in [0.4, 0.5) is 0 Å². The lowest BCUT2D eigenvalue weighted by atomic mass is 10.1. The zero-order chi connectivity index (χ0) is 25.9. The third-order valence-electron chi connectivity index (χ3n) is 5.44. The van der Waals surface area contributed by atoms with Crippen LogP contribution < -0.4 is 9.47 Å². The van der Waals surface area contributed by atoms with E-state index in [-0.39, 0.29) is 5.75 Å². The number of unbranched alkanes of at least 4 members (excludes halogenated alkanes) is 3. The van der Waals surface area contributed by atoms with E-state index in [0.717, 1.165) is 17.7 Å². The van der Waals surface area contributed by atoms with Gasteiger partial charge < -0.3 is 9.47 Å². The highest BCUT2D eigenvalue weighted by molar-refractivity contribution is 7.10. The molecule has 4 heterocycles. The maximum atomic E-state index is 11.0. The van der Waals surface area contributed by atoms with Gasteiger partial charge in [-0.3, -0.25) is 14.6 Å². The summed E-state index contributed by atoms with van der Waals surface area (Å²) in [6.45, 7) is 2.87. The van der Waals surface area contributed by atoms with Gasteiger partial charge in [0.1, 0.15) is 23.5 Å². The molecule has 0 radical (unpaired) electrons. The first-order valence-corrected chi connectivity index (χ1v) is 12.7. The highest BCUT2D eigenvalue weighted by Gasteiger charge is 2.12. The van der Waals surface area contributed by atoms with Gasteiger partial charge in [0, 0.05) is 30.5 Å². The molecule has 4 rings (SSSR count). The Hall–Kier alpha value is -4.42. The second-order valence-electron chi connectivity index (χ2n) is 8.00. The third kappa shape index (κ3) is 7.06. The summed E-state index contributed by atoms with van der Waals surface area (Å²) in [7, 11) is 0. The Labute approximate surface area is 218 Å². The number of aryl methyl sites for hydroxylation is 1. The highest BCUT2D eigenvalue weighted by atomic mass is 32.1. The maximum absolute atomic E-state index is 11.0. The number of hydrogen-bond donors (Lipinski definition) is 0. The van der Waals surface area contributed by atoms with E-state index in [1.54, 1.807) is 41.7 Å². The molecule has 9 heteroatoms. The normalized spacial score (nSPS) is 10.3. The van der Waals surface area contributed by atoms with Crippen molar-refractivity contribution < 1.29 is 19.1 Å². The van der Waals surface area contributed by atoms with Gasteiger partial charge in [-0.15, -0.1) is 11.3 Å². The van der Waals surface area contributed by atoms with Gasteiger partial charge in [-0.05, 0) is 47.8 Å². The smallest absolute Gasteiger partial charge is 0.298 e. The predicted octanol–water partition coefficient (Wildman–Crippen LogP) is 5.26. The van der Waals surface area contributed by atoms with Crippen LogP contribution in [0.25, 0.3) is 22.8 Å². The van der Waals surface area contributed by atoms with Crippen LogP contribution in [-0.2, 0) is 16.0 Å². The number of rotatable bonds is 11. The number of ether oxygens (including phenoxy) is 2. The van der Waals surface area contributed by atoms with E-state index in [1.165, 1.54) is 37.4 Å². The highest BCUT2D eigenvalue weighted by Crippen LogP contribution is 2.28. The average Bonchev–Trinajstić information content (AvgIpc) is 3.38. The Morgan fingerprint density at radius 1 is 0.838 bits per heavy atom. The van der Waals surface area contributed by atoms with Crippen LogP contribution in [0.1, 0.15) is 48.7 Å². The van der Waals surface area contributed by atoms with Crippen molar-refractivity contribution in [2.45, 2.75) is 39.0 Å². The second-order valence-corrected chi connectivity index (χ2v) is 8.92. The Kier molecular flexibility index (Phi) is 9.05. The molecule has 0 aliphatic rings. The SMILES string of the molecule is CCCCCCc1ccsc1C#Cc1cc(-c2cc(OC=O)cc(-c3cc(OC=O)ccn3)n2)ncn1. The molecule has 0 aliphatic carbocycles. The second kappa shape index (κ2) is 13.0. The summed E-state index contributed by atoms with van der Waals surface area (Å²) in [5, 5.41) is 2.07. The number of carbonyl (C=O) groups is 2. The zero-order valence-electron chi connectivity index (χ0n) is 20.2. The Morgan fingerprint density at radius 2 is 1.59 bits per heavy atom. The van der Waals surface area contributed by atoms with Gasteiger partial charge in [-0.25, -0.2) is 15.0 Å². The number of thiophene rings is 1. The van der Waals surface area contributed by atoms with Crippen LogP contribution in [0.3, 0.4) is 0 Å². The minimum absolute atomic E-state index is 0.260. The quantitative estimate of drug-likeness (QED) is 0.152. The first kappa shape index (κ1) is 25.7. The minimum atomic E-state index is 0.260. The van der Waals surface area contributed by atoms with E-state index in [0.29, 0.717) is 47.2 Å². The molecule has 0 unspecified atom stereocenters. The molecule has 0 bridgehead atoms. The van der Waals surface area contributed by atoms with Crippen molar-refractivity contribution in [1.29, 1.82) is 0 Å². The maximum Gasteiger partial charge on any atom is 0.298 e. The standard InChI is InChI=1S/C28H24N4O4S/c1-2-3-4-5-6-20-10-12-37-28(20)8-7-21-13-24(31-17-30-21)26-15-23(36-19-34)16-27(32-26)25-14-22(35-18-33)9-11-29-25/h9-19H,2-6H2,1H3. The third-order valence-corrected chi connectivity index (χ3v) is 6.31. The fraction of sp³-hybridized carbons (Fsp3) is 0.214. The van der Waals surface area contributed by atoms with Gasteiger partial charge in [-0.1, -0.05) is 26.2 Å². The summed E-state index contributed by atoms with van der Waals surface area (Å²) >= 11 is 1.63. The Morgan fingerprint density at radius 3 is 2.38 bits per heavy atom. The van der Waals surface area contributed by atoms with E-state index in [1.807, 2.05) is 0 Å². The summed E-state index contributed by atoms with van der Waals surface area (Å²) in [5.41, 5.74) is 3.58. The number of pyridine rings is 2. The Bertz CT molecular complexity index is 1440. The molecular formula is C28H24N4O4S. The van der Waals surface area contributed by atoms with Gasteiger partial charge in [0.2, 0.25) is 0 Å². The first-order chi connectivity index (χ1) is 18.2.